The van der Waals surface area contributed by atoms with Crippen molar-refractivity contribution < 1.29 is 4.79 Å². The highest BCUT2D eigenvalue weighted by atomic mass is 16.2. The Labute approximate surface area is 187 Å². The van der Waals surface area contributed by atoms with E-state index in [9.17, 15) is 4.79 Å². The van der Waals surface area contributed by atoms with Crippen molar-refractivity contribution in [1.29, 1.82) is 0 Å². The molecule has 2 fully saturated rings. The van der Waals surface area contributed by atoms with E-state index in [0.717, 1.165) is 62.7 Å². The molecule has 0 atom stereocenters. The molecule has 1 amide bonds. The molecular formula is C26H38N4O. The lowest BCUT2D eigenvalue weighted by molar-refractivity contribution is -0.141. The molecule has 5 heteroatoms. The summed E-state index contributed by atoms with van der Waals surface area (Å²) in [6.45, 7) is 9.90. The van der Waals surface area contributed by atoms with E-state index in [2.05, 4.69) is 58.2 Å². The van der Waals surface area contributed by atoms with E-state index >= 15 is 0 Å². The summed E-state index contributed by atoms with van der Waals surface area (Å²) in [5.74, 6) is 3.01. The Morgan fingerprint density at radius 3 is 2.55 bits per heavy atom. The third-order valence-electron chi connectivity index (χ3n) is 8.53. The van der Waals surface area contributed by atoms with Gasteiger partial charge in [0, 0.05) is 19.1 Å². The predicted octanol–water partition coefficient (Wildman–Crippen LogP) is 3.58. The van der Waals surface area contributed by atoms with Crippen molar-refractivity contribution in [1.82, 2.24) is 15.1 Å². The van der Waals surface area contributed by atoms with Gasteiger partial charge in [0.2, 0.25) is 5.91 Å². The van der Waals surface area contributed by atoms with E-state index in [1.54, 1.807) is 0 Å². The summed E-state index contributed by atoms with van der Waals surface area (Å²) in [7, 11) is 0. The molecule has 1 saturated carbocycles. The lowest BCUT2D eigenvalue weighted by Gasteiger charge is -2.49. The van der Waals surface area contributed by atoms with E-state index < -0.39 is 0 Å². The second-order valence-corrected chi connectivity index (χ2v) is 10.5. The number of hydrogen-bond donors (Lipinski definition) is 1. The van der Waals surface area contributed by atoms with E-state index in [4.69, 9.17) is 0 Å². The lowest BCUT2D eigenvalue weighted by atomic mass is 9.67. The molecule has 0 radical (unpaired) electrons. The maximum atomic E-state index is 13.9. The van der Waals surface area contributed by atoms with Crippen LogP contribution in [0.3, 0.4) is 0 Å². The predicted molar refractivity (Wildman–Crippen MR) is 125 cm³/mol. The number of rotatable bonds is 4. The Balaban J connectivity index is 1.32. The topological polar surface area (TPSA) is 47.9 Å². The first-order chi connectivity index (χ1) is 15.1. The number of nitrogens with one attached hydrogen (secondary N) is 1. The van der Waals surface area contributed by atoms with Crippen molar-refractivity contribution in [3.05, 3.63) is 35.4 Å². The number of likely N-dealkylation sites (tertiary alicyclic amines) is 1. The molecule has 1 aromatic carbocycles. The van der Waals surface area contributed by atoms with Gasteiger partial charge in [-0.2, -0.15) is 0 Å². The fourth-order valence-electron chi connectivity index (χ4n) is 6.57. The van der Waals surface area contributed by atoms with E-state index in [-0.39, 0.29) is 5.41 Å². The molecule has 0 unspecified atom stereocenters. The van der Waals surface area contributed by atoms with Crippen LogP contribution in [0.1, 0.15) is 63.5 Å². The standard InChI is InChI=1S/C26H38N4O/c1-19(2)20-7-9-22(10-8-20)29-15-11-26(12-16-29)23-6-4-3-5-21(23)17-30(25(26)31)18-24-27-13-14-28-24/h3-6,19-20,22H,7-18H2,1-2H3,(H,27,28). The zero-order chi connectivity index (χ0) is 21.4. The van der Waals surface area contributed by atoms with Gasteiger partial charge in [0.15, 0.2) is 0 Å². The maximum Gasteiger partial charge on any atom is 0.234 e. The summed E-state index contributed by atoms with van der Waals surface area (Å²) in [4.78, 5) is 23.2. The van der Waals surface area contributed by atoms with Crippen LogP contribution < -0.4 is 5.32 Å². The van der Waals surface area contributed by atoms with E-state index in [1.807, 2.05) is 0 Å². The van der Waals surface area contributed by atoms with Gasteiger partial charge in [0.05, 0.1) is 18.5 Å². The molecule has 1 N–H and O–H groups in total. The molecule has 4 aliphatic rings. The number of amidine groups is 1. The number of aliphatic imine (C=N–C) groups is 1. The monoisotopic (exact) mass is 422 g/mol. The van der Waals surface area contributed by atoms with Crippen LogP contribution >= 0.6 is 0 Å². The van der Waals surface area contributed by atoms with Crippen molar-refractivity contribution >= 4 is 11.7 Å². The molecule has 5 nitrogen and oxygen atoms in total. The minimum absolute atomic E-state index is 0.325. The van der Waals surface area contributed by atoms with Crippen molar-refractivity contribution in [3.8, 4) is 0 Å². The van der Waals surface area contributed by atoms with Gasteiger partial charge in [-0.3, -0.25) is 9.79 Å². The fourth-order valence-corrected chi connectivity index (χ4v) is 6.57. The Morgan fingerprint density at radius 2 is 1.87 bits per heavy atom. The number of carbonyl (C=O) groups excluding carboxylic acids is 1. The van der Waals surface area contributed by atoms with Crippen LogP contribution in [0.5, 0.6) is 0 Å². The van der Waals surface area contributed by atoms with Crippen LogP contribution in [0.15, 0.2) is 29.3 Å². The second kappa shape index (κ2) is 8.57. The number of fused-ring (bicyclic) bond motifs is 2. The summed E-state index contributed by atoms with van der Waals surface area (Å²) in [6.07, 6.45) is 7.30. The zero-order valence-corrected chi connectivity index (χ0v) is 19.3. The molecule has 31 heavy (non-hydrogen) atoms. The Hall–Kier alpha value is -1.88. The van der Waals surface area contributed by atoms with Crippen LogP contribution in [0.4, 0.5) is 0 Å². The third-order valence-corrected chi connectivity index (χ3v) is 8.53. The molecule has 0 bridgehead atoms. The molecule has 168 valence electrons. The van der Waals surface area contributed by atoms with Crippen LogP contribution in [0.25, 0.3) is 0 Å². The lowest BCUT2D eigenvalue weighted by Crippen LogP contribution is -2.58. The summed E-state index contributed by atoms with van der Waals surface area (Å²) in [5.41, 5.74) is 2.27. The maximum absolute atomic E-state index is 13.9. The van der Waals surface area contributed by atoms with E-state index in [1.165, 1.54) is 36.8 Å². The first-order valence-electron chi connectivity index (χ1n) is 12.5. The highest BCUT2D eigenvalue weighted by molar-refractivity contribution is 5.95. The van der Waals surface area contributed by atoms with Crippen LogP contribution in [-0.2, 0) is 16.8 Å². The third kappa shape index (κ3) is 3.90. The quantitative estimate of drug-likeness (QED) is 0.807. The average Bonchev–Trinajstić information content (AvgIpc) is 3.31. The van der Waals surface area contributed by atoms with Gasteiger partial charge in [0.1, 0.15) is 5.84 Å². The number of amides is 1. The van der Waals surface area contributed by atoms with Gasteiger partial charge in [-0.05, 0) is 74.6 Å². The molecule has 1 saturated heterocycles. The van der Waals surface area contributed by atoms with E-state index in [0.29, 0.717) is 19.0 Å². The molecule has 1 spiro atoms. The average molecular weight is 423 g/mol. The van der Waals surface area contributed by atoms with Crippen LogP contribution in [0, 0.1) is 11.8 Å². The highest BCUT2D eigenvalue weighted by Crippen LogP contribution is 2.44. The normalized spacial score (nSPS) is 28.5. The van der Waals surface area contributed by atoms with Gasteiger partial charge in [-0.15, -0.1) is 0 Å². The van der Waals surface area contributed by atoms with Crippen molar-refractivity contribution in [2.45, 2.75) is 70.4 Å². The first kappa shape index (κ1) is 21.0. The Kier molecular flexibility index (Phi) is 5.80. The Morgan fingerprint density at radius 1 is 1.13 bits per heavy atom. The number of hydrogen-bond acceptors (Lipinski definition) is 4. The van der Waals surface area contributed by atoms with Gasteiger partial charge in [-0.25, -0.2) is 0 Å². The molecule has 3 heterocycles. The molecule has 0 aromatic heterocycles. The Bertz CT molecular complexity index is 832. The van der Waals surface area contributed by atoms with Crippen molar-refractivity contribution in [2.24, 2.45) is 16.8 Å². The van der Waals surface area contributed by atoms with Crippen molar-refractivity contribution in [3.63, 3.8) is 0 Å². The summed E-state index contributed by atoms with van der Waals surface area (Å²) in [6, 6.07) is 9.40. The summed E-state index contributed by atoms with van der Waals surface area (Å²) < 4.78 is 0. The van der Waals surface area contributed by atoms with Gasteiger partial charge < -0.3 is 15.1 Å². The minimum Gasteiger partial charge on any atom is -0.370 e. The first-order valence-corrected chi connectivity index (χ1v) is 12.5. The second-order valence-electron chi connectivity index (χ2n) is 10.5. The molecule has 1 aliphatic carbocycles. The molecule has 3 aliphatic heterocycles. The summed E-state index contributed by atoms with van der Waals surface area (Å²) >= 11 is 0. The zero-order valence-electron chi connectivity index (χ0n) is 19.3. The molecule has 5 rings (SSSR count). The van der Waals surface area contributed by atoms with Crippen LogP contribution in [0.2, 0.25) is 0 Å². The largest absolute Gasteiger partial charge is 0.370 e. The number of nitrogens with zero attached hydrogens (tertiary/aromatic N) is 3. The number of benzene rings is 1. The summed E-state index contributed by atoms with van der Waals surface area (Å²) in [5, 5.41) is 3.35. The minimum atomic E-state index is -0.348. The van der Waals surface area contributed by atoms with Crippen LogP contribution in [-0.4, -0.2) is 60.3 Å². The van der Waals surface area contributed by atoms with Gasteiger partial charge in [-0.1, -0.05) is 38.1 Å². The van der Waals surface area contributed by atoms with Gasteiger partial charge >= 0.3 is 0 Å². The highest BCUT2D eigenvalue weighted by Gasteiger charge is 2.49. The number of piperidine rings is 1. The number of carbonyl (C=O) groups is 1. The van der Waals surface area contributed by atoms with Crippen molar-refractivity contribution in [2.75, 3.05) is 32.7 Å². The smallest absolute Gasteiger partial charge is 0.234 e. The molecular weight excluding hydrogens is 384 g/mol. The fraction of sp³-hybridized carbons (Fsp3) is 0.692. The SMILES string of the molecule is CC(C)C1CCC(N2CCC3(CC2)C(=O)N(CC2=NCCN2)Cc2ccccc23)CC1. The molecule has 1 aromatic rings. The van der Waals surface area contributed by atoms with Gasteiger partial charge in [0.25, 0.3) is 0 Å².